The van der Waals surface area contributed by atoms with Gasteiger partial charge in [0, 0.05) is 18.3 Å². The van der Waals surface area contributed by atoms with Crippen molar-refractivity contribution in [2.75, 3.05) is 5.32 Å². The van der Waals surface area contributed by atoms with E-state index >= 15 is 0 Å². The van der Waals surface area contributed by atoms with Gasteiger partial charge in [0.05, 0.1) is 5.54 Å². The van der Waals surface area contributed by atoms with E-state index < -0.39 is 5.54 Å². The molecule has 21 heavy (non-hydrogen) atoms. The van der Waals surface area contributed by atoms with Gasteiger partial charge in [0.1, 0.15) is 6.33 Å². The van der Waals surface area contributed by atoms with Gasteiger partial charge in [0.25, 0.3) is 0 Å². The molecule has 1 fully saturated rings. The minimum absolute atomic E-state index is 0.139. The molecule has 2 aromatic rings. The number of nitrogens with zero attached hydrogens (tertiary/aromatic N) is 3. The summed E-state index contributed by atoms with van der Waals surface area (Å²) >= 11 is 0. The van der Waals surface area contributed by atoms with Gasteiger partial charge in [-0.2, -0.15) is 0 Å². The van der Waals surface area contributed by atoms with Gasteiger partial charge in [0.15, 0.2) is 5.82 Å². The second-order valence-electron chi connectivity index (χ2n) is 5.86. The van der Waals surface area contributed by atoms with E-state index in [1.54, 1.807) is 13.3 Å². The van der Waals surface area contributed by atoms with Crippen LogP contribution in [0.5, 0.6) is 0 Å². The second-order valence-corrected chi connectivity index (χ2v) is 5.86. The largest absolute Gasteiger partial charge is 0.324 e. The van der Waals surface area contributed by atoms with E-state index in [4.69, 9.17) is 5.73 Å². The third-order valence-corrected chi connectivity index (χ3v) is 4.00. The fourth-order valence-electron chi connectivity index (χ4n) is 2.41. The van der Waals surface area contributed by atoms with Gasteiger partial charge in [0.2, 0.25) is 5.91 Å². The Kier molecular flexibility index (Phi) is 3.25. The minimum atomic E-state index is -0.805. The van der Waals surface area contributed by atoms with Crippen LogP contribution in [0.15, 0.2) is 30.6 Å². The van der Waals surface area contributed by atoms with Crippen molar-refractivity contribution < 1.29 is 4.79 Å². The zero-order valence-corrected chi connectivity index (χ0v) is 12.2. The van der Waals surface area contributed by atoms with E-state index in [-0.39, 0.29) is 5.91 Å². The molecule has 0 spiro atoms. The van der Waals surface area contributed by atoms with Crippen molar-refractivity contribution in [1.29, 1.82) is 0 Å². The number of nitrogens with two attached hydrogens (primary N) is 1. The van der Waals surface area contributed by atoms with E-state index in [9.17, 15) is 4.79 Å². The quantitative estimate of drug-likeness (QED) is 0.892. The molecule has 0 aliphatic heterocycles. The molecule has 110 valence electrons. The molecule has 1 amide bonds. The predicted molar refractivity (Wildman–Crippen MR) is 80.4 cm³/mol. The highest BCUT2D eigenvalue weighted by Crippen LogP contribution is 2.38. The van der Waals surface area contributed by atoms with Crippen molar-refractivity contribution in [3.8, 4) is 11.4 Å². The topological polar surface area (TPSA) is 85.8 Å². The number of rotatable bonds is 4. The third kappa shape index (κ3) is 2.67. The Morgan fingerprint density at radius 3 is 2.86 bits per heavy atom. The molecule has 3 rings (SSSR count). The predicted octanol–water partition coefficient (Wildman–Crippen LogP) is 1.55. The first-order chi connectivity index (χ1) is 9.98. The summed E-state index contributed by atoms with van der Waals surface area (Å²) in [5.74, 6) is 0.906. The van der Waals surface area contributed by atoms with Crippen LogP contribution in [0.25, 0.3) is 11.4 Å². The maximum atomic E-state index is 12.3. The number of anilines is 1. The molecule has 3 N–H and O–H groups in total. The Balaban J connectivity index is 1.81. The average molecular weight is 285 g/mol. The first-order valence-electron chi connectivity index (χ1n) is 7.03. The standard InChI is InChI=1S/C15H19N5O/c1-15(16,11-6-7-11)14(21)18-12-5-3-4-10(8-12)13-19-17-9-20(13)2/h3-5,8-9,11H,6-7,16H2,1-2H3,(H,18,21). The molecule has 1 unspecified atom stereocenters. The number of benzene rings is 1. The SMILES string of the molecule is Cn1cnnc1-c1cccc(NC(=O)C(C)(N)C2CC2)c1. The lowest BCUT2D eigenvalue weighted by atomic mass is 9.96. The fraction of sp³-hybridized carbons (Fsp3) is 0.400. The highest BCUT2D eigenvalue weighted by Gasteiger charge is 2.44. The number of carbonyl (C=O) groups is 1. The number of amides is 1. The summed E-state index contributed by atoms with van der Waals surface area (Å²) in [6, 6.07) is 7.54. The minimum Gasteiger partial charge on any atom is -0.324 e. The van der Waals surface area contributed by atoms with Gasteiger partial charge in [-0.05, 0) is 37.8 Å². The fourth-order valence-corrected chi connectivity index (χ4v) is 2.41. The molecule has 0 saturated heterocycles. The smallest absolute Gasteiger partial charge is 0.244 e. The first kappa shape index (κ1) is 13.8. The molecular weight excluding hydrogens is 266 g/mol. The molecule has 1 aliphatic rings. The van der Waals surface area contributed by atoms with Crippen molar-refractivity contribution in [2.45, 2.75) is 25.3 Å². The maximum Gasteiger partial charge on any atom is 0.244 e. The summed E-state index contributed by atoms with van der Waals surface area (Å²) < 4.78 is 1.83. The van der Waals surface area contributed by atoms with Crippen LogP contribution in [0, 0.1) is 5.92 Å². The van der Waals surface area contributed by atoms with Crippen LogP contribution in [0.3, 0.4) is 0 Å². The Morgan fingerprint density at radius 2 is 2.24 bits per heavy atom. The number of nitrogens with one attached hydrogen (secondary N) is 1. The van der Waals surface area contributed by atoms with E-state index in [2.05, 4.69) is 15.5 Å². The summed E-state index contributed by atoms with van der Waals surface area (Å²) in [5, 5.41) is 10.8. The summed E-state index contributed by atoms with van der Waals surface area (Å²) in [4.78, 5) is 12.3. The average Bonchev–Trinajstić information content (AvgIpc) is 3.22. The van der Waals surface area contributed by atoms with Crippen LogP contribution < -0.4 is 11.1 Å². The molecule has 1 heterocycles. The Hall–Kier alpha value is -2.21. The van der Waals surface area contributed by atoms with E-state index in [0.29, 0.717) is 5.92 Å². The van der Waals surface area contributed by atoms with Crippen LogP contribution in [-0.2, 0) is 11.8 Å². The molecule has 1 saturated carbocycles. The summed E-state index contributed by atoms with van der Waals surface area (Å²) in [6.45, 7) is 1.80. The molecule has 0 bridgehead atoms. The Labute approximate surface area is 123 Å². The number of hydrogen-bond acceptors (Lipinski definition) is 4. The van der Waals surface area contributed by atoms with Gasteiger partial charge in [-0.3, -0.25) is 4.79 Å². The zero-order chi connectivity index (χ0) is 15.0. The summed E-state index contributed by atoms with van der Waals surface area (Å²) in [7, 11) is 1.88. The van der Waals surface area contributed by atoms with Crippen LogP contribution >= 0.6 is 0 Å². The number of carbonyl (C=O) groups excluding carboxylic acids is 1. The lowest BCUT2D eigenvalue weighted by Gasteiger charge is -2.23. The zero-order valence-electron chi connectivity index (χ0n) is 12.2. The molecule has 1 aromatic heterocycles. The van der Waals surface area contributed by atoms with Crippen molar-refractivity contribution in [2.24, 2.45) is 18.7 Å². The van der Waals surface area contributed by atoms with Gasteiger partial charge in [-0.15, -0.1) is 10.2 Å². The Bertz CT molecular complexity index is 672. The van der Waals surface area contributed by atoms with Gasteiger partial charge < -0.3 is 15.6 Å². The van der Waals surface area contributed by atoms with Crippen LogP contribution in [0.4, 0.5) is 5.69 Å². The monoisotopic (exact) mass is 285 g/mol. The maximum absolute atomic E-state index is 12.3. The number of aryl methyl sites for hydroxylation is 1. The Morgan fingerprint density at radius 1 is 1.48 bits per heavy atom. The van der Waals surface area contributed by atoms with E-state index in [0.717, 1.165) is 29.9 Å². The molecular formula is C15H19N5O. The van der Waals surface area contributed by atoms with Gasteiger partial charge >= 0.3 is 0 Å². The third-order valence-electron chi connectivity index (χ3n) is 4.00. The highest BCUT2D eigenvalue weighted by molar-refractivity contribution is 5.98. The molecule has 1 aliphatic carbocycles. The molecule has 1 atom stereocenters. The van der Waals surface area contributed by atoms with Crippen molar-refractivity contribution in [3.05, 3.63) is 30.6 Å². The van der Waals surface area contributed by atoms with E-state index in [1.807, 2.05) is 35.9 Å². The summed E-state index contributed by atoms with van der Waals surface area (Å²) in [6.07, 6.45) is 3.70. The van der Waals surface area contributed by atoms with Crippen LogP contribution in [0.1, 0.15) is 19.8 Å². The molecule has 6 heteroatoms. The first-order valence-corrected chi connectivity index (χ1v) is 7.03. The number of hydrogen-bond donors (Lipinski definition) is 2. The van der Waals surface area contributed by atoms with E-state index in [1.165, 1.54) is 0 Å². The lowest BCUT2D eigenvalue weighted by molar-refractivity contribution is -0.121. The second kappa shape index (κ2) is 4.96. The van der Waals surface area contributed by atoms with Crippen LogP contribution in [0.2, 0.25) is 0 Å². The normalized spacial score (nSPS) is 17.3. The van der Waals surface area contributed by atoms with Crippen molar-refractivity contribution >= 4 is 11.6 Å². The molecule has 6 nitrogen and oxygen atoms in total. The lowest BCUT2D eigenvalue weighted by Crippen LogP contribution is -2.50. The molecule has 1 aromatic carbocycles. The van der Waals surface area contributed by atoms with Crippen LogP contribution in [-0.4, -0.2) is 26.2 Å². The molecule has 0 radical (unpaired) electrons. The summed E-state index contributed by atoms with van der Waals surface area (Å²) in [5.41, 5.74) is 6.95. The van der Waals surface area contributed by atoms with Crippen molar-refractivity contribution in [1.82, 2.24) is 14.8 Å². The highest BCUT2D eigenvalue weighted by atomic mass is 16.2. The van der Waals surface area contributed by atoms with Gasteiger partial charge in [-0.1, -0.05) is 12.1 Å². The van der Waals surface area contributed by atoms with Crippen molar-refractivity contribution in [3.63, 3.8) is 0 Å². The number of aromatic nitrogens is 3. The van der Waals surface area contributed by atoms with Gasteiger partial charge in [-0.25, -0.2) is 0 Å².